The molecule has 1 fully saturated rings. The van der Waals surface area contributed by atoms with Crippen LogP contribution in [0, 0.1) is 23.7 Å². The minimum absolute atomic E-state index is 0.119. The minimum Gasteiger partial charge on any atom is -0.395 e. The van der Waals surface area contributed by atoms with Gasteiger partial charge in [0.2, 0.25) is 0 Å². The summed E-state index contributed by atoms with van der Waals surface area (Å²) in [6.45, 7) is 5.43. The molecule has 2 atom stereocenters. The third-order valence-electron chi connectivity index (χ3n) is 4.02. The molecule has 0 amide bonds. The SMILES string of the molecule is CC1CC(C)CC(OCc2cccc(C#CCCO)c2)C1. The molecule has 21 heavy (non-hydrogen) atoms. The normalized spacial score (nSPS) is 25.2. The highest BCUT2D eigenvalue weighted by Gasteiger charge is 2.24. The van der Waals surface area contributed by atoms with Crippen molar-refractivity contribution in [3.63, 3.8) is 0 Å². The van der Waals surface area contributed by atoms with Gasteiger partial charge < -0.3 is 9.84 Å². The second-order valence-electron chi connectivity index (χ2n) is 6.33. The van der Waals surface area contributed by atoms with Gasteiger partial charge in [-0.1, -0.05) is 37.8 Å². The van der Waals surface area contributed by atoms with Gasteiger partial charge in [-0.05, 0) is 48.8 Å². The van der Waals surface area contributed by atoms with Crippen LogP contribution in [0.3, 0.4) is 0 Å². The first kappa shape index (κ1) is 16.1. The lowest BCUT2D eigenvalue weighted by Crippen LogP contribution is -2.26. The van der Waals surface area contributed by atoms with Crippen LogP contribution >= 0.6 is 0 Å². The Balaban J connectivity index is 1.88. The highest BCUT2D eigenvalue weighted by atomic mass is 16.5. The molecule has 0 aliphatic heterocycles. The highest BCUT2D eigenvalue weighted by molar-refractivity contribution is 5.36. The van der Waals surface area contributed by atoms with Gasteiger partial charge >= 0.3 is 0 Å². The molecule has 2 rings (SSSR count). The number of ether oxygens (including phenoxy) is 1. The van der Waals surface area contributed by atoms with Crippen molar-refractivity contribution in [1.29, 1.82) is 0 Å². The van der Waals surface area contributed by atoms with E-state index in [1.165, 1.54) is 24.8 Å². The van der Waals surface area contributed by atoms with E-state index in [9.17, 15) is 0 Å². The molecular weight excluding hydrogens is 260 g/mol. The van der Waals surface area contributed by atoms with Crippen LogP contribution in [0.2, 0.25) is 0 Å². The van der Waals surface area contributed by atoms with Crippen LogP contribution in [0.15, 0.2) is 24.3 Å². The van der Waals surface area contributed by atoms with Crippen LogP contribution in [0.1, 0.15) is 50.7 Å². The van der Waals surface area contributed by atoms with E-state index < -0.39 is 0 Å². The Kier molecular flexibility index (Phi) is 6.29. The van der Waals surface area contributed by atoms with Gasteiger partial charge in [-0.2, -0.15) is 0 Å². The fourth-order valence-corrected chi connectivity index (χ4v) is 3.18. The molecule has 1 aromatic rings. The summed E-state index contributed by atoms with van der Waals surface area (Å²) in [6, 6.07) is 8.19. The number of hydrogen-bond donors (Lipinski definition) is 1. The summed E-state index contributed by atoms with van der Waals surface area (Å²) in [4.78, 5) is 0. The van der Waals surface area contributed by atoms with E-state index in [-0.39, 0.29) is 6.61 Å². The Hall–Kier alpha value is -1.30. The largest absolute Gasteiger partial charge is 0.395 e. The molecule has 2 heteroatoms. The summed E-state index contributed by atoms with van der Waals surface area (Å²) in [6.07, 6.45) is 4.61. The van der Waals surface area contributed by atoms with Crippen LogP contribution in [0.5, 0.6) is 0 Å². The van der Waals surface area contributed by atoms with E-state index in [1.807, 2.05) is 12.1 Å². The molecule has 0 saturated heterocycles. The molecule has 0 heterocycles. The Morgan fingerprint density at radius 2 is 1.95 bits per heavy atom. The van der Waals surface area contributed by atoms with Gasteiger partial charge in [-0.3, -0.25) is 0 Å². The first-order valence-corrected chi connectivity index (χ1v) is 7.97. The molecule has 2 unspecified atom stereocenters. The standard InChI is InChI=1S/C19H26O2/c1-15-10-16(2)12-19(11-15)21-14-18-8-5-7-17(13-18)6-3-4-9-20/h5,7-8,13,15-16,19-20H,4,9-12,14H2,1-2H3. The third-order valence-corrected chi connectivity index (χ3v) is 4.02. The second-order valence-corrected chi connectivity index (χ2v) is 6.33. The van der Waals surface area contributed by atoms with Gasteiger partial charge in [0, 0.05) is 12.0 Å². The van der Waals surface area contributed by atoms with Crippen molar-refractivity contribution in [2.75, 3.05) is 6.61 Å². The van der Waals surface area contributed by atoms with Crippen LogP contribution in [0.4, 0.5) is 0 Å². The molecule has 2 nitrogen and oxygen atoms in total. The smallest absolute Gasteiger partial charge is 0.0721 e. The van der Waals surface area contributed by atoms with Crippen LogP contribution < -0.4 is 0 Å². The fraction of sp³-hybridized carbons (Fsp3) is 0.579. The van der Waals surface area contributed by atoms with E-state index in [4.69, 9.17) is 9.84 Å². The lowest BCUT2D eigenvalue weighted by atomic mass is 9.82. The van der Waals surface area contributed by atoms with Gasteiger partial charge in [-0.15, -0.1) is 0 Å². The average Bonchev–Trinajstić information content (AvgIpc) is 2.45. The summed E-state index contributed by atoms with van der Waals surface area (Å²) in [5.74, 6) is 7.57. The molecule has 1 aliphatic rings. The summed E-state index contributed by atoms with van der Waals surface area (Å²) >= 11 is 0. The summed E-state index contributed by atoms with van der Waals surface area (Å²) < 4.78 is 6.10. The molecule has 1 N–H and O–H groups in total. The molecule has 1 aromatic carbocycles. The van der Waals surface area contributed by atoms with E-state index in [2.05, 4.69) is 37.8 Å². The summed E-state index contributed by atoms with van der Waals surface area (Å²) in [7, 11) is 0. The number of aliphatic hydroxyl groups excluding tert-OH is 1. The lowest BCUT2D eigenvalue weighted by molar-refractivity contribution is -0.00916. The second kappa shape index (κ2) is 8.22. The van der Waals surface area contributed by atoms with Crippen molar-refractivity contribution >= 4 is 0 Å². The molecule has 0 bridgehead atoms. The average molecular weight is 286 g/mol. The van der Waals surface area contributed by atoms with E-state index in [0.29, 0.717) is 19.1 Å². The first-order valence-electron chi connectivity index (χ1n) is 7.97. The molecule has 114 valence electrons. The molecular formula is C19H26O2. The van der Waals surface area contributed by atoms with Gasteiger partial charge in [0.15, 0.2) is 0 Å². The molecule has 0 radical (unpaired) electrons. The van der Waals surface area contributed by atoms with Gasteiger partial charge in [0.05, 0.1) is 19.3 Å². The van der Waals surface area contributed by atoms with Crippen molar-refractivity contribution in [2.45, 2.75) is 52.2 Å². The predicted octanol–water partition coefficient (Wildman–Crippen LogP) is 3.76. The van der Waals surface area contributed by atoms with E-state index in [0.717, 1.165) is 17.4 Å². The van der Waals surface area contributed by atoms with Crippen LogP contribution in [-0.4, -0.2) is 17.8 Å². The van der Waals surface area contributed by atoms with Crippen molar-refractivity contribution in [3.05, 3.63) is 35.4 Å². The molecule has 0 spiro atoms. The third kappa shape index (κ3) is 5.53. The number of rotatable bonds is 4. The molecule has 1 aliphatic carbocycles. The summed E-state index contributed by atoms with van der Waals surface area (Å²) in [5.41, 5.74) is 2.17. The molecule has 0 aromatic heterocycles. The minimum atomic E-state index is 0.119. The van der Waals surface area contributed by atoms with E-state index in [1.54, 1.807) is 0 Å². The Labute approximate surface area is 128 Å². The Morgan fingerprint density at radius 3 is 2.67 bits per heavy atom. The number of benzene rings is 1. The zero-order chi connectivity index (χ0) is 15.1. The van der Waals surface area contributed by atoms with Crippen LogP contribution in [-0.2, 0) is 11.3 Å². The topological polar surface area (TPSA) is 29.5 Å². The molecule has 1 saturated carbocycles. The highest BCUT2D eigenvalue weighted by Crippen LogP contribution is 2.30. The maximum absolute atomic E-state index is 8.75. The van der Waals surface area contributed by atoms with Gasteiger partial charge in [-0.25, -0.2) is 0 Å². The quantitative estimate of drug-likeness (QED) is 0.854. The van der Waals surface area contributed by atoms with Crippen molar-refractivity contribution in [2.24, 2.45) is 11.8 Å². The maximum atomic E-state index is 8.75. The number of aliphatic hydroxyl groups is 1. The maximum Gasteiger partial charge on any atom is 0.0721 e. The monoisotopic (exact) mass is 286 g/mol. The van der Waals surface area contributed by atoms with Crippen molar-refractivity contribution in [3.8, 4) is 11.8 Å². The fourth-order valence-electron chi connectivity index (χ4n) is 3.18. The Morgan fingerprint density at radius 1 is 1.19 bits per heavy atom. The van der Waals surface area contributed by atoms with Crippen molar-refractivity contribution in [1.82, 2.24) is 0 Å². The van der Waals surface area contributed by atoms with Gasteiger partial charge in [0.25, 0.3) is 0 Å². The zero-order valence-corrected chi connectivity index (χ0v) is 13.1. The van der Waals surface area contributed by atoms with Crippen LogP contribution in [0.25, 0.3) is 0 Å². The summed E-state index contributed by atoms with van der Waals surface area (Å²) in [5, 5.41) is 8.75. The van der Waals surface area contributed by atoms with E-state index >= 15 is 0 Å². The predicted molar refractivity (Wildman–Crippen MR) is 85.8 cm³/mol. The Bertz CT molecular complexity index is 488. The lowest BCUT2D eigenvalue weighted by Gasteiger charge is -2.31. The zero-order valence-electron chi connectivity index (χ0n) is 13.1. The first-order chi connectivity index (χ1) is 10.2. The number of hydrogen-bond acceptors (Lipinski definition) is 2. The van der Waals surface area contributed by atoms with Crippen molar-refractivity contribution < 1.29 is 9.84 Å². The van der Waals surface area contributed by atoms with Gasteiger partial charge in [0.1, 0.15) is 0 Å².